The quantitative estimate of drug-likeness (QED) is 0.809. The van der Waals surface area contributed by atoms with Gasteiger partial charge in [0.05, 0.1) is 12.7 Å². The Kier molecular flexibility index (Phi) is 4.66. The molecular formula is C16H22N2O2. The first-order valence-electron chi connectivity index (χ1n) is 7.06. The Morgan fingerprint density at radius 2 is 2.10 bits per heavy atom. The highest BCUT2D eigenvalue weighted by molar-refractivity contribution is 5.80. The first-order valence-corrected chi connectivity index (χ1v) is 7.06. The minimum absolute atomic E-state index is 0.431. The van der Waals surface area contributed by atoms with Crippen LogP contribution >= 0.6 is 0 Å². The van der Waals surface area contributed by atoms with Gasteiger partial charge in [0.2, 0.25) is 0 Å². The maximum Gasteiger partial charge on any atom is 0.175 e. The Bertz CT molecular complexity index is 576. The van der Waals surface area contributed by atoms with Gasteiger partial charge in [-0.3, -0.25) is 0 Å². The number of benzene rings is 1. The van der Waals surface area contributed by atoms with Crippen LogP contribution in [0.1, 0.15) is 37.5 Å². The van der Waals surface area contributed by atoms with E-state index < -0.39 is 0 Å². The van der Waals surface area contributed by atoms with Gasteiger partial charge in [-0.2, -0.15) is 0 Å². The first kappa shape index (κ1) is 14.4. The molecule has 0 spiro atoms. The van der Waals surface area contributed by atoms with E-state index in [1.54, 1.807) is 7.11 Å². The standard InChI is InChI=1S/C16H22N2O2/c1-4-5-6-7-14-15(16(17)18-20-14)12-10-11(2)8-9-13(12)19-3/h8-10H,4-7H2,1-3H3,(H2,17,18). The molecule has 0 saturated carbocycles. The molecule has 0 fully saturated rings. The number of unbranched alkanes of at least 4 members (excludes halogenated alkanes) is 2. The summed E-state index contributed by atoms with van der Waals surface area (Å²) >= 11 is 0. The monoisotopic (exact) mass is 274 g/mol. The maximum atomic E-state index is 5.99. The van der Waals surface area contributed by atoms with E-state index in [1.807, 2.05) is 19.1 Å². The maximum absolute atomic E-state index is 5.99. The van der Waals surface area contributed by atoms with Gasteiger partial charge in [-0.25, -0.2) is 0 Å². The Labute approximate surface area is 119 Å². The second-order valence-electron chi connectivity index (χ2n) is 5.03. The highest BCUT2D eigenvalue weighted by Crippen LogP contribution is 2.37. The SMILES string of the molecule is CCCCCc1onc(N)c1-c1cc(C)ccc1OC. The lowest BCUT2D eigenvalue weighted by molar-refractivity contribution is 0.382. The Morgan fingerprint density at radius 1 is 1.30 bits per heavy atom. The van der Waals surface area contributed by atoms with E-state index >= 15 is 0 Å². The molecule has 0 saturated heterocycles. The Morgan fingerprint density at radius 3 is 2.80 bits per heavy atom. The molecule has 2 rings (SSSR count). The number of nitrogens with zero attached hydrogens (tertiary/aromatic N) is 1. The van der Waals surface area contributed by atoms with Crippen molar-refractivity contribution in [2.24, 2.45) is 0 Å². The highest BCUT2D eigenvalue weighted by atomic mass is 16.5. The molecule has 108 valence electrons. The fourth-order valence-electron chi connectivity index (χ4n) is 2.35. The van der Waals surface area contributed by atoms with Crippen LogP contribution in [0, 0.1) is 6.92 Å². The lowest BCUT2D eigenvalue weighted by atomic mass is 10.00. The lowest BCUT2D eigenvalue weighted by Gasteiger charge is -2.09. The number of anilines is 1. The average Bonchev–Trinajstić information content (AvgIpc) is 2.80. The van der Waals surface area contributed by atoms with E-state index in [-0.39, 0.29) is 0 Å². The van der Waals surface area contributed by atoms with Gasteiger partial charge in [0.1, 0.15) is 11.5 Å². The molecule has 0 aliphatic carbocycles. The summed E-state index contributed by atoms with van der Waals surface area (Å²) < 4.78 is 10.8. The van der Waals surface area contributed by atoms with Crippen LogP contribution in [0.25, 0.3) is 11.1 Å². The van der Waals surface area contributed by atoms with Crippen molar-refractivity contribution in [3.63, 3.8) is 0 Å². The number of nitrogen functional groups attached to an aromatic ring is 1. The number of methoxy groups -OCH3 is 1. The molecule has 0 amide bonds. The summed E-state index contributed by atoms with van der Waals surface area (Å²) in [7, 11) is 1.66. The molecule has 0 atom stereocenters. The van der Waals surface area contributed by atoms with Crippen LogP contribution in [0.5, 0.6) is 5.75 Å². The summed E-state index contributed by atoms with van der Waals surface area (Å²) in [6, 6.07) is 6.03. The van der Waals surface area contributed by atoms with E-state index in [4.69, 9.17) is 15.0 Å². The van der Waals surface area contributed by atoms with Gasteiger partial charge in [-0.15, -0.1) is 0 Å². The predicted molar refractivity (Wildman–Crippen MR) is 80.9 cm³/mol. The van der Waals surface area contributed by atoms with Crippen LogP contribution in [-0.4, -0.2) is 12.3 Å². The van der Waals surface area contributed by atoms with Crippen LogP contribution in [0.15, 0.2) is 22.7 Å². The molecule has 4 heteroatoms. The third-order valence-electron chi connectivity index (χ3n) is 3.42. The molecule has 1 aromatic carbocycles. The zero-order valence-electron chi connectivity index (χ0n) is 12.4. The zero-order chi connectivity index (χ0) is 14.5. The molecule has 0 unspecified atom stereocenters. The molecule has 0 radical (unpaired) electrons. The molecule has 2 N–H and O–H groups in total. The number of aromatic nitrogens is 1. The van der Waals surface area contributed by atoms with Crippen LogP contribution in [-0.2, 0) is 6.42 Å². The van der Waals surface area contributed by atoms with Crippen LogP contribution in [0.4, 0.5) is 5.82 Å². The minimum atomic E-state index is 0.431. The third kappa shape index (κ3) is 2.95. The van der Waals surface area contributed by atoms with Gasteiger partial charge in [0.15, 0.2) is 5.82 Å². The second-order valence-corrected chi connectivity index (χ2v) is 5.03. The van der Waals surface area contributed by atoms with Gasteiger partial charge < -0.3 is 15.0 Å². The van der Waals surface area contributed by atoms with Crippen molar-refractivity contribution < 1.29 is 9.26 Å². The van der Waals surface area contributed by atoms with Crippen molar-refractivity contribution in [2.45, 2.75) is 39.5 Å². The molecule has 0 aliphatic heterocycles. The molecule has 2 aromatic rings. The van der Waals surface area contributed by atoms with Crippen molar-refractivity contribution in [2.75, 3.05) is 12.8 Å². The number of nitrogens with two attached hydrogens (primary N) is 1. The van der Waals surface area contributed by atoms with E-state index in [2.05, 4.69) is 18.1 Å². The van der Waals surface area contributed by atoms with Gasteiger partial charge in [0.25, 0.3) is 0 Å². The van der Waals surface area contributed by atoms with Crippen molar-refractivity contribution in [3.05, 3.63) is 29.5 Å². The summed E-state index contributed by atoms with van der Waals surface area (Å²) in [5.41, 5.74) is 8.98. The van der Waals surface area contributed by atoms with Gasteiger partial charge in [-0.05, 0) is 25.5 Å². The molecular weight excluding hydrogens is 252 g/mol. The molecule has 1 aromatic heterocycles. The first-order chi connectivity index (χ1) is 9.67. The number of hydrogen-bond donors (Lipinski definition) is 1. The fourth-order valence-corrected chi connectivity index (χ4v) is 2.35. The lowest BCUT2D eigenvalue weighted by Crippen LogP contribution is -1.95. The second kappa shape index (κ2) is 6.46. The molecule has 0 aliphatic rings. The van der Waals surface area contributed by atoms with Crippen molar-refractivity contribution in [1.29, 1.82) is 0 Å². The summed E-state index contributed by atoms with van der Waals surface area (Å²) in [5, 5.41) is 3.92. The predicted octanol–water partition coefficient (Wildman–Crippen LogP) is 3.97. The van der Waals surface area contributed by atoms with Crippen LogP contribution in [0.2, 0.25) is 0 Å². The largest absolute Gasteiger partial charge is 0.496 e. The molecule has 20 heavy (non-hydrogen) atoms. The molecule has 1 heterocycles. The van der Waals surface area contributed by atoms with Crippen molar-refractivity contribution in [3.8, 4) is 16.9 Å². The van der Waals surface area contributed by atoms with Crippen molar-refractivity contribution >= 4 is 5.82 Å². The fraction of sp³-hybridized carbons (Fsp3) is 0.438. The Balaban J connectivity index is 2.41. The van der Waals surface area contributed by atoms with Crippen molar-refractivity contribution in [1.82, 2.24) is 5.16 Å². The van der Waals surface area contributed by atoms with E-state index in [9.17, 15) is 0 Å². The smallest absolute Gasteiger partial charge is 0.175 e. The van der Waals surface area contributed by atoms with Crippen LogP contribution in [0.3, 0.4) is 0 Å². The normalized spacial score (nSPS) is 10.8. The summed E-state index contributed by atoms with van der Waals surface area (Å²) in [5.74, 6) is 2.07. The van der Waals surface area contributed by atoms with E-state index in [0.717, 1.165) is 41.0 Å². The number of rotatable bonds is 6. The Hall–Kier alpha value is -1.97. The number of ether oxygens (including phenoxy) is 1. The number of aryl methyl sites for hydroxylation is 2. The van der Waals surface area contributed by atoms with E-state index in [0.29, 0.717) is 5.82 Å². The van der Waals surface area contributed by atoms with Gasteiger partial charge >= 0.3 is 0 Å². The van der Waals surface area contributed by atoms with Gasteiger partial charge in [-0.1, -0.05) is 36.6 Å². The summed E-state index contributed by atoms with van der Waals surface area (Å²) in [6.07, 6.45) is 4.27. The highest BCUT2D eigenvalue weighted by Gasteiger charge is 2.19. The average molecular weight is 274 g/mol. The summed E-state index contributed by atoms with van der Waals surface area (Å²) in [6.45, 7) is 4.22. The third-order valence-corrected chi connectivity index (χ3v) is 3.42. The van der Waals surface area contributed by atoms with Gasteiger partial charge in [0, 0.05) is 12.0 Å². The molecule has 4 nitrogen and oxygen atoms in total. The van der Waals surface area contributed by atoms with Crippen LogP contribution < -0.4 is 10.5 Å². The minimum Gasteiger partial charge on any atom is -0.496 e. The summed E-state index contributed by atoms with van der Waals surface area (Å²) in [4.78, 5) is 0. The zero-order valence-corrected chi connectivity index (χ0v) is 12.4. The number of hydrogen-bond acceptors (Lipinski definition) is 4. The topological polar surface area (TPSA) is 61.3 Å². The van der Waals surface area contributed by atoms with E-state index in [1.165, 1.54) is 12.8 Å². The molecule has 0 bridgehead atoms.